The number of rotatable bonds is 4. The van der Waals surface area contributed by atoms with Gasteiger partial charge >= 0.3 is 0 Å². The van der Waals surface area contributed by atoms with Gasteiger partial charge < -0.3 is 15.4 Å². The zero-order valence-corrected chi connectivity index (χ0v) is 19.6. The first-order valence-corrected chi connectivity index (χ1v) is 12.5. The molecule has 4 heterocycles. The standard InChI is InChI=1S/C24H35ClN6O/c25-19-3-1-18(2-4-19)15-21-5-6-22(29-11-13-32-14-12-29)17-31(21)20-7-9-30(10-8-20)24-16-23(26)27-28-24/h1-4,20-22H,5-17H2,(H2,26,27)/t21-,22-/m1/s1. The fraction of sp³-hybridized carbons (Fsp3) is 0.667. The van der Waals surface area contributed by atoms with Gasteiger partial charge in [-0.05, 0) is 49.8 Å². The Morgan fingerprint density at radius 2 is 1.69 bits per heavy atom. The Balaban J connectivity index is 1.26. The molecule has 8 heteroatoms. The average molecular weight is 459 g/mol. The van der Waals surface area contributed by atoms with E-state index in [0.29, 0.717) is 30.4 Å². The van der Waals surface area contributed by atoms with E-state index >= 15 is 0 Å². The lowest BCUT2D eigenvalue weighted by Gasteiger charge is -2.49. The molecule has 2 atom stereocenters. The maximum Gasteiger partial charge on any atom is 0.135 e. The molecule has 5 rings (SSSR count). The van der Waals surface area contributed by atoms with Crippen molar-refractivity contribution in [2.45, 2.75) is 56.7 Å². The normalized spacial score (nSPS) is 28.6. The van der Waals surface area contributed by atoms with Crippen LogP contribution in [-0.4, -0.2) is 90.4 Å². The van der Waals surface area contributed by atoms with Gasteiger partial charge in [-0.2, -0.15) is 0 Å². The number of nitrogens with two attached hydrogens (primary N) is 1. The van der Waals surface area contributed by atoms with Crippen LogP contribution in [0.3, 0.4) is 0 Å². The van der Waals surface area contributed by atoms with E-state index in [-0.39, 0.29) is 0 Å². The molecule has 1 aromatic carbocycles. The summed E-state index contributed by atoms with van der Waals surface area (Å²) in [4.78, 5) is 7.89. The molecule has 0 bridgehead atoms. The number of likely N-dealkylation sites (tertiary alicyclic amines) is 2. The summed E-state index contributed by atoms with van der Waals surface area (Å²) < 4.78 is 5.61. The fourth-order valence-electron chi connectivity index (χ4n) is 5.82. The van der Waals surface area contributed by atoms with Crippen molar-refractivity contribution >= 4 is 23.3 Å². The van der Waals surface area contributed by atoms with E-state index < -0.39 is 0 Å². The summed E-state index contributed by atoms with van der Waals surface area (Å²) in [7, 11) is 0. The molecule has 4 aliphatic heterocycles. The molecule has 3 fully saturated rings. The lowest BCUT2D eigenvalue weighted by Crippen LogP contribution is -2.59. The first-order valence-electron chi connectivity index (χ1n) is 12.1. The van der Waals surface area contributed by atoms with Gasteiger partial charge in [0.05, 0.1) is 19.6 Å². The SMILES string of the molecule is NC1=NN=C(N2CCC(N3C[C@H](N4CCOCC4)CC[C@@H]3Cc3ccc(Cl)cc3)CC2)C1. The summed E-state index contributed by atoms with van der Waals surface area (Å²) in [6, 6.07) is 10.3. The maximum absolute atomic E-state index is 6.13. The molecule has 32 heavy (non-hydrogen) atoms. The molecule has 0 saturated carbocycles. The number of morpholine rings is 1. The lowest BCUT2D eigenvalue weighted by molar-refractivity contribution is -0.0281. The van der Waals surface area contributed by atoms with Crippen LogP contribution in [0.5, 0.6) is 0 Å². The van der Waals surface area contributed by atoms with Gasteiger partial charge in [-0.3, -0.25) is 9.80 Å². The summed E-state index contributed by atoms with van der Waals surface area (Å²) in [5.74, 6) is 1.68. The van der Waals surface area contributed by atoms with Gasteiger partial charge in [-0.25, -0.2) is 0 Å². The summed E-state index contributed by atoms with van der Waals surface area (Å²) in [6.07, 6.45) is 6.68. The van der Waals surface area contributed by atoms with Crippen molar-refractivity contribution in [3.05, 3.63) is 34.9 Å². The van der Waals surface area contributed by atoms with Crippen LogP contribution in [0.4, 0.5) is 0 Å². The second-order valence-electron chi connectivity index (χ2n) is 9.56. The number of amidine groups is 2. The molecule has 0 aliphatic carbocycles. The third-order valence-corrected chi connectivity index (χ3v) is 7.85. The van der Waals surface area contributed by atoms with Crippen LogP contribution < -0.4 is 5.73 Å². The van der Waals surface area contributed by atoms with E-state index in [1.165, 1.54) is 37.8 Å². The van der Waals surface area contributed by atoms with Crippen LogP contribution >= 0.6 is 11.6 Å². The van der Waals surface area contributed by atoms with Gasteiger partial charge in [0.15, 0.2) is 0 Å². The van der Waals surface area contributed by atoms with E-state index in [4.69, 9.17) is 22.1 Å². The Morgan fingerprint density at radius 3 is 2.38 bits per heavy atom. The first-order chi connectivity index (χ1) is 15.7. The van der Waals surface area contributed by atoms with Gasteiger partial charge in [0.25, 0.3) is 0 Å². The summed E-state index contributed by atoms with van der Waals surface area (Å²) in [6.45, 7) is 7.13. The number of piperidine rings is 2. The highest BCUT2D eigenvalue weighted by Crippen LogP contribution is 2.30. The summed E-state index contributed by atoms with van der Waals surface area (Å²) >= 11 is 6.13. The fourth-order valence-corrected chi connectivity index (χ4v) is 5.95. The van der Waals surface area contributed by atoms with E-state index in [1.807, 2.05) is 12.1 Å². The maximum atomic E-state index is 6.13. The third-order valence-electron chi connectivity index (χ3n) is 7.60. The molecular weight excluding hydrogens is 424 g/mol. The quantitative estimate of drug-likeness (QED) is 0.751. The van der Waals surface area contributed by atoms with Crippen molar-refractivity contribution in [1.29, 1.82) is 0 Å². The molecule has 0 radical (unpaired) electrons. The van der Waals surface area contributed by atoms with Crippen molar-refractivity contribution in [2.24, 2.45) is 15.9 Å². The molecule has 0 spiro atoms. The van der Waals surface area contributed by atoms with E-state index in [2.05, 4.69) is 37.0 Å². The lowest BCUT2D eigenvalue weighted by atomic mass is 9.88. The van der Waals surface area contributed by atoms with Crippen LogP contribution in [0.15, 0.2) is 34.5 Å². The third kappa shape index (κ3) is 5.11. The topological polar surface area (TPSA) is 69.7 Å². The molecule has 1 aromatic rings. The zero-order valence-electron chi connectivity index (χ0n) is 18.8. The Morgan fingerprint density at radius 1 is 0.938 bits per heavy atom. The number of halogens is 1. The van der Waals surface area contributed by atoms with Crippen LogP contribution in [0.2, 0.25) is 5.02 Å². The minimum atomic E-state index is 0.591. The van der Waals surface area contributed by atoms with Crippen molar-refractivity contribution in [1.82, 2.24) is 14.7 Å². The Bertz CT molecular complexity index is 829. The Kier molecular flexibility index (Phi) is 6.97. The van der Waals surface area contributed by atoms with Gasteiger partial charge in [0.1, 0.15) is 11.7 Å². The van der Waals surface area contributed by atoms with Crippen LogP contribution in [0.1, 0.15) is 37.7 Å². The van der Waals surface area contributed by atoms with E-state index in [1.54, 1.807) is 0 Å². The minimum Gasteiger partial charge on any atom is -0.385 e. The highest BCUT2D eigenvalue weighted by Gasteiger charge is 2.37. The monoisotopic (exact) mass is 458 g/mol. The largest absolute Gasteiger partial charge is 0.385 e. The Labute approximate surface area is 196 Å². The van der Waals surface area contributed by atoms with Crippen LogP contribution in [-0.2, 0) is 11.2 Å². The van der Waals surface area contributed by atoms with Gasteiger partial charge in [0.2, 0.25) is 0 Å². The molecule has 0 aromatic heterocycles. The number of nitrogens with zero attached hydrogens (tertiary/aromatic N) is 5. The van der Waals surface area contributed by atoms with Gasteiger partial charge in [-0.1, -0.05) is 23.7 Å². The summed E-state index contributed by atoms with van der Waals surface area (Å²) in [5.41, 5.74) is 7.23. The highest BCUT2D eigenvalue weighted by molar-refractivity contribution is 6.30. The molecule has 4 aliphatic rings. The number of hydrogen-bond donors (Lipinski definition) is 1. The van der Waals surface area contributed by atoms with Crippen LogP contribution in [0.25, 0.3) is 0 Å². The number of ether oxygens (including phenoxy) is 1. The highest BCUT2D eigenvalue weighted by atomic mass is 35.5. The van der Waals surface area contributed by atoms with Crippen molar-refractivity contribution < 1.29 is 4.74 Å². The summed E-state index contributed by atoms with van der Waals surface area (Å²) in [5, 5.41) is 9.14. The molecular formula is C24H35ClN6O. The second kappa shape index (κ2) is 10.1. The molecule has 2 N–H and O–H groups in total. The predicted octanol–water partition coefficient (Wildman–Crippen LogP) is 2.59. The van der Waals surface area contributed by atoms with E-state index in [9.17, 15) is 0 Å². The molecule has 0 unspecified atom stereocenters. The second-order valence-corrected chi connectivity index (χ2v) is 10.00. The first kappa shape index (κ1) is 22.1. The molecule has 7 nitrogen and oxygen atoms in total. The van der Waals surface area contributed by atoms with Crippen molar-refractivity contribution in [2.75, 3.05) is 45.9 Å². The van der Waals surface area contributed by atoms with Gasteiger partial charge in [0, 0.05) is 55.9 Å². The zero-order chi connectivity index (χ0) is 21.9. The number of benzene rings is 1. The average Bonchev–Trinajstić information content (AvgIpc) is 3.28. The smallest absolute Gasteiger partial charge is 0.135 e. The van der Waals surface area contributed by atoms with Gasteiger partial charge in [-0.15, -0.1) is 10.2 Å². The van der Waals surface area contributed by atoms with Crippen molar-refractivity contribution in [3.8, 4) is 0 Å². The Hall–Kier alpha value is -1.67. The predicted molar refractivity (Wildman–Crippen MR) is 129 cm³/mol. The number of hydrogen-bond acceptors (Lipinski definition) is 7. The molecule has 174 valence electrons. The minimum absolute atomic E-state index is 0.591. The molecule has 3 saturated heterocycles. The molecule has 0 amide bonds. The van der Waals surface area contributed by atoms with E-state index in [0.717, 1.165) is 56.7 Å². The van der Waals surface area contributed by atoms with Crippen LogP contribution in [0, 0.1) is 0 Å². The van der Waals surface area contributed by atoms with Crippen molar-refractivity contribution in [3.63, 3.8) is 0 Å².